The van der Waals surface area contributed by atoms with Gasteiger partial charge in [0, 0.05) is 23.3 Å². The van der Waals surface area contributed by atoms with Crippen LogP contribution in [0.15, 0.2) is 33.0 Å². The van der Waals surface area contributed by atoms with Gasteiger partial charge in [0.25, 0.3) is 0 Å². The maximum atomic E-state index is 13.1. The Morgan fingerprint density at radius 3 is 2.52 bits per heavy atom. The van der Waals surface area contributed by atoms with E-state index >= 15 is 0 Å². The highest BCUT2D eigenvalue weighted by atomic mass is 79.9. The number of nitrogen functional groups attached to an aromatic ring is 1. The first-order valence-corrected chi connectivity index (χ1v) is 10.4. The number of thioether (sulfide) groups is 2. The molecule has 1 aromatic heterocycles. The normalized spacial score (nSPS) is 10.9. The average molecular weight is 448 g/mol. The number of benzene rings is 1. The molecule has 0 atom stereocenters. The van der Waals surface area contributed by atoms with E-state index in [-0.39, 0.29) is 17.5 Å². The zero-order valence-electron chi connectivity index (χ0n) is 13.9. The summed E-state index contributed by atoms with van der Waals surface area (Å²) >= 11 is 6.00. The van der Waals surface area contributed by atoms with Crippen LogP contribution < -0.4 is 5.84 Å². The topological polar surface area (TPSA) is 77.0 Å². The van der Waals surface area contributed by atoms with Gasteiger partial charge in [0.2, 0.25) is 16.2 Å². The van der Waals surface area contributed by atoms with Crippen LogP contribution in [0.2, 0.25) is 0 Å². The SMILES string of the molecule is CCN(CC)C(=O)CSc1nnc(SCc2ccc(F)cc2Br)n1N. The quantitative estimate of drug-likeness (QED) is 0.494. The lowest BCUT2D eigenvalue weighted by molar-refractivity contribution is -0.127. The summed E-state index contributed by atoms with van der Waals surface area (Å²) < 4.78 is 15.2. The fourth-order valence-corrected chi connectivity index (χ4v) is 4.39. The third kappa shape index (κ3) is 5.35. The van der Waals surface area contributed by atoms with E-state index < -0.39 is 0 Å². The van der Waals surface area contributed by atoms with Crippen molar-refractivity contribution >= 4 is 45.4 Å². The van der Waals surface area contributed by atoms with E-state index in [9.17, 15) is 9.18 Å². The van der Waals surface area contributed by atoms with Crippen molar-refractivity contribution in [1.82, 2.24) is 19.8 Å². The molecule has 10 heteroatoms. The van der Waals surface area contributed by atoms with Gasteiger partial charge in [-0.05, 0) is 31.5 Å². The molecule has 0 spiro atoms. The summed E-state index contributed by atoms with van der Waals surface area (Å²) in [4.78, 5) is 13.8. The zero-order valence-corrected chi connectivity index (χ0v) is 17.1. The van der Waals surface area contributed by atoms with E-state index in [4.69, 9.17) is 5.84 Å². The van der Waals surface area contributed by atoms with Crippen molar-refractivity contribution in [3.63, 3.8) is 0 Å². The summed E-state index contributed by atoms with van der Waals surface area (Å²) in [6, 6.07) is 4.54. The standard InChI is InChI=1S/C15H19BrFN5OS2/c1-3-21(4-2)13(23)9-25-15-20-19-14(22(15)18)24-8-10-5-6-11(17)7-12(10)16/h5-7H,3-4,8-9,18H2,1-2H3. The van der Waals surface area contributed by atoms with Gasteiger partial charge in [0.05, 0.1) is 5.75 Å². The molecule has 6 nitrogen and oxygen atoms in total. The van der Waals surface area contributed by atoms with Crippen LogP contribution in [0, 0.1) is 5.82 Å². The van der Waals surface area contributed by atoms with Crippen LogP contribution in [0.1, 0.15) is 19.4 Å². The third-order valence-electron chi connectivity index (χ3n) is 3.45. The first-order chi connectivity index (χ1) is 12.0. The molecule has 0 aliphatic carbocycles. The second-order valence-electron chi connectivity index (χ2n) is 5.01. The Balaban J connectivity index is 1.95. The summed E-state index contributed by atoms with van der Waals surface area (Å²) in [6.07, 6.45) is 0. The Morgan fingerprint density at radius 2 is 1.92 bits per heavy atom. The van der Waals surface area contributed by atoms with Crippen LogP contribution in [0.5, 0.6) is 0 Å². The number of rotatable bonds is 8. The lowest BCUT2D eigenvalue weighted by atomic mass is 10.2. The zero-order chi connectivity index (χ0) is 18.4. The van der Waals surface area contributed by atoms with Crippen LogP contribution in [0.3, 0.4) is 0 Å². The Kier molecular flexibility index (Phi) is 7.57. The number of carbonyl (C=O) groups excluding carboxylic acids is 1. The molecule has 2 aromatic rings. The Hall–Kier alpha value is -1.26. The smallest absolute Gasteiger partial charge is 0.233 e. The maximum absolute atomic E-state index is 13.1. The highest BCUT2D eigenvalue weighted by molar-refractivity contribution is 9.10. The molecule has 1 aromatic carbocycles. The molecule has 0 unspecified atom stereocenters. The maximum Gasteiger partial charge on any atom is 0.233 e. The lowest BCUT2D eigenvalue weighted by Crippen LogP contribution is -2.32. The highest BCUT2D eigenvalue weighted by Gasteiger charge is 2.15. The summed E-state index contributed by atoms with van der Waals surface area (Å²) in [5.41, 5.74) is 0.931. The number of carbonyl (C=O) groups is 1. The molecule has 1 heterocycles. The number of nitrogens with two attached hydrogens (primary N) is 1. The van der Waals surface area contributed by atoms with Crippen LogP contribution in [0.4, 0.5) is 4.39 Å². The van der Waals surface area contributed by atoms with Gasteiger partial charge in [-0.1, -0.05) is 45.5 Å². The molecule has 0 radical (unpaired) electrons. The molecule has 25 heavy (non-hydrogen) atoms. The van der Waals surface area contributed by atoms with Crippen LogP contribution >= 0.6 is 39.5 Å². The fraction of sp³-hybridized carbons (Fsp3) is 0.400. The molecule has 0 aliphatic rings. The second kappa shape index (κ2) is 9.44. The number of hydrogen-bond acceptors (Lipinski definition) is 6. The predicted molar refractivity (Wildman–Crippen MR) is 102 cm³/mol. The van der Waals surface area contributed by atoms with E-state index in [0.717, 1.165) is 5.56 Å². The first-order valence-electron chi connectivity index (χ1n) is 7.64. The van der Waals surface area contributed by atoms with Crippen molar-refractivity contribution < 1.29 is 9.18 Å². The predicted octanol–water partition coefficient (Wildman–Crippen LogP) is 3.15. The summed E-state index contributed by atoms with van der Waals surface area (Å²) in [5.74, 6) is 6.60. The highest BCUT2D eigenvalue weighted by Crippen LogP contribution is 2.27. The van der Waals surface area contributed by atoms with E-state index in [1.807, 2.05) is 13.8 Å². The van der Waals surface area contributed by atoms with Crippen molar-refractivity contribution in [2.24, 2.45) is 0 Å². The van der Waals surface area contributed by atoms with Crippen LogP contribution in [-0.4, -0.2) is 44.5 Å². The Bertz CT molecular complexity index is 739. The first kappa shape index (κ1) is 20.1. The summed E-state index contributed by atoms with van der Waals surface area (Å²) in [5, 5.41) is 9.12. The second-order valence-corrected chi connectivity index (χ2v) is 7.75. The molecule has 0 aliphatic heterocycles. The molecule has 2 rings (SSSR count). The van der Waals surface area contributed by atoms with Crippen molar-refractivity contribution in [2.45, 2.75) is 29.9 Å². The van der Waals surface area contributed by atoms with E-state index in [1.54, 1.807) is 11.0 Å². The minimum atomic E-state index is -0.292. The monoisotopic (exact) mass is 447 g/mol. The average Bonchev–Trinajstić information content (AvgIpc) is 2.93. The van der Waals surface area contributed by atoms with Crippen molar-refractivity contribution in [3.05, 3.63) is 34.1 Å². The minimum absolute atomic E-state index is 0.0439. The molecule has 2 N–H and O–H groups in total. The van der Waals surface area contributed by atoms with Gasteiger partial charge in [-0.15, -0.1) is 10.2 Å². The number of amides is 1. The molecule has 0 bridgehead atoms. The third-order valence-corrected chi connectivity index (χ3v) is 6.10. The molecule has 136 valence electrons. The van der Waals surface area contributed by atoms with Gasteiger partial charge in [-0.3, -0.25) is 4.79 Å². The number of halogens is 2. The Labute approximate surface area is 162 Å². The minimum Gasteiger partial charge on any atom is -0.343 e. The number of aromatic nitrogens is 3. The van der Waals surface area contributed by atoms with Gasteiger partial charge < -0.3 is 10.7 Å². The van der Waals surface area contributed by atoms with Gasteiger partial charge in [-0.2, -0.15) is 0 Å². The molecule has 0 saturated carbocycles. The summed E-state index contributed by atoms with van der Waals surface area (Å²) in [6.45, 7) is 5.25. The number of nitrogens with zero attached hydrogens (tertiary/aromatic N) is 4. The van der Waals surface area contributed by atoms with Crippen LogP contribution in [-0.2, 0) is 10.5 Å². The van der Waals surface area contributed by atoms with Gasteiger partial charge in [0.1, 0.15) is 5.82 Å². The van der Waals surface area contributed by atoms with E-state index in [1.165, 1.54) is 40.3 Å². The number of hydrogen-bond donors (Lipinski definition) is 1. The lowest BCUT2D eigenvalue weighted by Gasteiger charge is -2.17. The molecule has 0 fully saturated rings. The van der Waals surface area contributed by atoms with Gasteiger partial charge >= 0.3 is 0 Å². The fourth-order valence-electron chi connectivity index (χ4n) is 2.04. The van der Waals surface area contributed by atoms with Crippen LogP contribution in [0.25, 0.3) is 0 Å². The van der Waals surface area contributed by atoms with Gasteiger partial charge in [0.15, 0.2) is 0 Å². The molecular formula is C15H19BrFN5OS2. The van der Waals surface area contributed by atoms with Gasteiger partial charge in [-0.25, -0.2) is 9.07 Å². The molecule has 1 amide bonds. The van der Waals surface area contributed by atoms with E-state index in [0.29, 0.717) is 33.6 Å². The van der Waals surface area contributed by atoms with Crippen molar-refractivity contribution in [1.29, 1.82) is 0 Å². The summed E-state index contributed by atoms with van der Waals surface area (Å²) in [7, 11) is 0. The molecule has 0 saturated heterocycles. The van der Waals surface area contributed by atoms with Crippen molar-refractivity contribution in [2.75, 3.05) is 24.7 Å². The van der Waals surface area contributed by atoms with Crippen molar-refractivity contribution in [3.8, 4) is 0 Å². The largest absolute Gasteiger partial charge is 0.343 e. The Morgan fingerprint density at radius 1 is 1.28 bits per heavy atom. The molecular weight excluding hydrogens is 429 g/mol. The van der Waals surface area contributed by atoms with E-state index in [2.05, 4.69) is 26.1 Å².